The first-order valence-electron chi connectivity index (χ1n) is 11.0. The van der Waals surface area contributed by atoms with Crippen LogP contribution in [0.2, 0.25) is 0 Å². The number of hydrogen-bond donors (Lipinski definition) is 1. The highest BCUT2D eigenvalue weighted by Crippen LogP contribution is 2.26. The molecule has 1 amide bonds. The van der Waals surface area contributed by atoms with Crippen LogP contribution in [0.25, 0.3) is 0 Å². The minimum Gasteiger partial charge on any atom is -0.355 e. The molecule has 1 aromatic carbocycles. The van der Waals surface area contributed by atoms with Crippen LogP contribution in [0.15, 0.2) is 30.3 Å². The van der Waals surface area contributed by atoms with Crippen LogP contribution in [0, 0.1) is 5.92 Å². The number of amides is 1. The molecule has 1 aliphatic carbocycles. The zero-order chi connectivity index (χ0) is 20.5. The molecule has 1 aliphatic heterocycles. The van der Waals surface area contributed by atoms with E-state index in [2.05, 4.69) is 22.3 Å². The van der Waals surface area contributed by atoms with Gasteiger partial charge in [0.05, 0.1) is 5.75 Å². The van der Waals surface area contributed by atoms with E-state index in [-0.39, 0.29) is 18.2 Å². The summed E-state index contributed by atoms with van der Waals surface area (Å²) in [6, 6.07) is 10.4. The molecule has 2 aliphatic rings. The molecule has 0 bridgehead atoms. The van der Waals surface area contributed by atoms with E-state index in [9.17, 15) is 13.2 Å². The average Bonchev–Trinajstić information content (AvgIpc) is 2.74. The Hall–Kier alpha value is -1.44. The summed E-state index contributed by atoms with van der Waals surface area (Å²) in [6.07, 6.45) is 7.48. The van der Waals surface area contributed by atoms with Crippen LogP contribution in [0.4, 0.5) is 0 Å². The van der Waals surface area contributed by atoms with E-state index in [1.54, 1.807) is 4.31 Å². The predicted octanol–water partition coefficient (Wildman–Crippen LogP) is 2.26. The monoisotopic (exact) mass is 421 g/mol. The fraction of sp³-hybridized carbons (Fsp3) is 0.682. The lowest BCUT2D eigenvalue weighted by Crippen LogP contribution is -2.50. The number of nitrogens with one attached hydrogen (secondary N) is 1. The second kappa shape index (κ2) is 11.1. The van der Waals surface area contributed by atoms with E-state index in [0.29, 0.717) is 25.4 Å². The van der Waals surface area contributed by atoms with Gasteiger partial charge in [0.25, 0.3) is 0 Å². The molecule has 0 atom stereocenters. The summed E-state index contributed by atoms with van der Waals surface area (Å²) in [6.45, 7) is 3.76. The van der Waals surface area contributed by atoms with Crippen LogP contribution in [-0.4, -0.2) is 68.6 Å². The summed E-state index contributed by atoms with van der Waals surface area (Å²) in [5.41, 5.74) is 1.31. The van der Waals surface area contributed by atoms with Crippen molar-refractivity contribution in [2.75, 3.05) is 45.0 Å². The Labute approximate surface area is 175 Å². The van der Waals surface area contributed by atoms with Gasteiger partial charge in [-0.05, 0) is 30.7 Å². The van der Waals surface area contributed by atoms with E-state index in [1.807, 2.05) is 18.2 Å². The quantitative estimate of drug-likeness (QED) is 0.664. The molecule has 0 unspecified atom stereocenters. The Bertz CT molecular complexity index is 725. The van der Waals surface area contributed by atoms with Gasteiger partial charge in [0.2, 0.25) is 15.9 Å². The molecule has 162 valence electrons. The van der Waals surface area contributed by atoms with Gasteiger partial charge >= 0.3 is 0 Å². The maximum atomic E-state index is 12.6. The van der Waals surface area contributed by atoms with Gasteiger partial charge < -0.3 is 10.2 Å². The predicted molar refractivity (Wildman–Crippen MR) is 116 cm³/mol. The molecule has 0 spiro atoms. The Morgan fingerprint density at radius 3 is 2.38 bits per heavy atom. The third kappa shape index (κ3) is 7.39. The molecule has 0 aromatic heterocycles. The van der Waals surface area contributed by atoms with Crippen molar-refractivity contribution in [2.45, 2.75) is 44.9 Å². The van der Waals surface area contributed by atoms with Gasteiger partial charge in [-0.3, -0.25) is 4.79 Å². The van der Waals surface area contributed by atoms with E-state index in [0.717, 1.165) is 38.9 Å². The number of carbonyl (C=O) groups is 1. The Morgan fingerprint density at radius 1 is 1.00 bits per heavy atom. The summed E-state index contributed by atoms with van der Waals surface area (Å²) in [7, 11) is -3.31. The lowest BCUT2D eigenvalue weighted by molar-refractivity contribution is -0.122. The average molecular weight is 422 g/mol. The second-order valence-corrected chi connectivity index (χ2v) is 10.4. The van der Waals surface area contributed by atoms with Gasteiger partial charge in [0.1, 0.15) is 0 Å². The Balaban J connectivity index is 1.33. The van der Waals surface area contributed by atoms with Crippen molar-refractivity contribution >= 4 is 15.9 Å². The lowest BCUT2D eigenvalue weighted by Gasteiger charge is -2.34. The van der Waals surface area contributed by atoms with Gasteiger partial charge in [-0.2, -0.15) is 4.31 Å². The smallest absolute Gasteiger partial charge is 0.220 e. The van der Waals surface area contributed by atoms with Gasteiger partial charge in [-0.1, -0.05) is 49.6 Å². The van der Waals surface area contributed by atoms with Crippen molar-refractivity contribution in [3.8, 4) is 0 Å². The molecule has 1 N–H and O–H groups in total. The molecular formula is C22H35N3O3S. The molecule has 6 nitrogen and oxygen atoms in total. The zero-order valence-corrected chi connectivity index (χ0v) is 18.2. The number of sulfonamides is 1. The number of carbonyl (C=O) groups excluding carboxylic acids is 1. The number of nitrogens with zero attached hydrogens (tertiary/aromatic N) is 2. The van der Waals surface area contributed by atoms with Crippen LogP contribution >= 0.6 is 0 Å². The van der Waals surface area contributed by atoms with Crippen LogP contribution in [0.1, 0.15) is 44.1 Å². The first-order chi connectivity index (χ1) is 14.0. The maximum Gasteiger partial charge on any atom is 0.220 e. The Morgan fingerprint density at radius 2 is 1.69 bits per heavy atom. The second-order valence-electron chi connectivity index (χ2n) is 8.35. The summed E-state index contributed by atoms with van der Waals surface area (Å²) in [5.74, 6) is 0.468. The maximum absolute atomic E-state index is 12.6. The van der Waals surface area contributed by atoms with Crippen molar-refractivity contribution < 1.29 is 13.2 Å². The highest BCUT2D eigenvalue weighted by molar-refractivity contribution is 7.89. The number of hydrogen-bond acceptors (Lipinski definition) is 4. The molecule has 3 rings (SSSR count). The van der Waals surface area contributed by atoms with E-state index in [1.165, 1.54) is 24.8 Å². The third-order valence-corrected chi connectivity index (χ3v) is 8.04. The molecule has 0 radical (unpaired) electrons. The molecule has 1 aromatic rings. The number of benzene rings is 1. The Kier molecular flexibility index (Phi) is 8.51. The van der Waals surface area contributed by atoms with Gasteiger partial charge in [-0.25, -0.2) is 8.42 Å². The first kappa shape index (κ1) is 22.2. The summed E-state index contributed by atoms with van der Waals surface area (Å²) in [4.78, 5) is 14.4. The fourth-order valence-corrected chi connectivity index (χ4v) is 5.68. The topological polar surface area (TPSA) is 69.7 Å². The summed E-state index contributed by atoms with van der Waals surface area (Å²) < 4.78 is 26.8. The summed E-state index contributed by atoms with van der Waals surface area (Å²) in [5, 5.41) is 2.82. The molecule has 7 heteroatoms. The van der Waals surface area contributed by atoms with Crippen LogP contribution in [-0.2, 0) is 21.2 Å². The van der Waals surface area contributed by atoms with Crippen molar-refractivity contribution in [3.63, 3.8) is 0 Å². The minimum absolute atomic E-state index is 0.00201. The summed E-state index contributed by atoms with van der Waals surface area (Å²) >= 11 is 0. The molecule has 2 fully saturated rings. The van der Waals surface area contributed by atoms with E-state index >= 15 is 0 Å². The van der Waals surface area contributed by atoms with Crippen molar-refractivity contribution in [3.05, 3.63) is 35.9 Å². The lowest BCUT2D eigenvalue weighted by atomic mass is 9.87. The van der Waals surface area contributed by atoms with E-state index in [4.69, 9.17) is 0 Å². The van der Waals surface area contributed by atoms with Crippen LogP contribution in [0.3, 0.4) is 0 Å². The van der Waals surface area contributed by atoms with Gasteiger partial charge in [0, 0.05) is 45.7 Å². The fourth-order valence-electron chi connectivity index (χ4n) is 4.34. The van der Waals surface area contributed by atoms with Crippen molar-refractivity contribution in [1.29, 1.82) is 0 Å². The molecule has 1 heterocycles. The molecule has 1 saturated heterocycles. The standard InChI is InChI=1S/C22H35N3O3S/c26-22(19-21-9-5-2-6-10-21)23-12-18-29(27,28)25-16-14-24(15-17-25)13-11-20-7-3-1-4-8-20/h1,3-4,7-8,21H,2,5-6,9-19H2,(H,23,26). The minimum atomic E-state index is -3.31. The molecular weight excluding hydrogens is 386 g/mol. The van der Waals surface area contributed by atoms with E-state index < -0.39 is 10.0 Å². The molecule has 1 saturated carbocycles. The van der Waals surface area contributed by atoms with Crippen LogP contribution < -0.4 is 5.32 Å². The highest BCUT2D eigenvalue weighted by Gasteiger charge is 2.26. The van der Waals surface area contributed by atoms with Crippen LogP contribution in [0.5, 0.6) is 0 Å². The highest BCUT2D eigenvalue weighted by atomic mass is 32.2. The van der Waals surface area contributed by atoms with Crippen molar-refractivity contribution in [1.82, 2.24) is 14.5 Å². The van der Waals surface area contributed by atoms with Gasteiger partial charge in [-0.15, -0.1) is 0 Å². The third-order valence-electron chi connectivity index (χ3n) is 6.17. The normalized spacial score (nSPS) is 19.9. The van der Waals surface area contributed by atoms with Gasteiger partial charge in [0.15, 0.2) is 0 Å². The first-order valence-corrected chi connectivity index (χ1v) is 12.6. The SMILES string of the molecule is O=C(CC1CCCCC1)NCCS(=O)(=O)N1CCN(CCc2ccccc2)CC1. The largest absolute Gasteiger partial charge is 0.355 e. The number of piperazine rings is 1. The zero-order valence-electron chi connectivity index (χ0n) is 17.4. The number of rotatable bonds is 9. The molecule has 29 heavy (non-hydrogen) atoms. The van der Waals surface area contributed by atoms with Crippen molar-refractivity contribution in [2.24, 2.45) is 5.92 Å².